The van der Waals surface area contributed by atoms with Crippen LogP contribution in [-0.2, 0) is 16.0 Å². The van der Waals surface area contributed by atoms with Crippen molar-refractivity contribution in [1.82, 2.24) is 4.57 Å². The zero-order valence-electron chi connectivity index (χ0n) is 16.9. The summed E-state index contributed by atoms with van der Waals surface area (Å²) in [5.41, 5.74) is 3.70. The molecule has 0 aliphatic carbocycles. The number of carbonyl (C=O) groups is 2. The average molecular weight is 385 g/mol. The Morgan fingerprint density at radius 3 is 2.64 bits per heavy atom. The van der Waals surface area contributed by atoms with Crippen molar-refractivity contribution in [3.05, 3.63) is 52.3 Å². The molecule has 1 aromatic heterocycles. The fourth-order valence-electron chi connectivity index (χ4n) is 3.62. The van der Waals surface area contributed by atoms with Crippen LogP contribution in [-0.4, -0.2) is 42.7 Å². The van der Waals surface area contributed by atoms with Gasteiger partial charge in [0.2, 0.25) is 5.78 Å². The first-order valence-corrected chi connectivity index (χ1v) is 9.54. The molecule has 28 heavy (non-hydrogen) atoms. The number of ether oxygens (including phenoxy) is 3. The third-order valence-electron chi connectivity index (χ3n) is 5.19. The highest BCUT2D eigenvalue weighted by atomic mass is 16.5. The van der Waals surface area contributed by atoms with Gasteiger partial charge >= 0.3 is 5.97 Å². The van der Waals surface area contributed by atoms with Crippen LogP contribution in [0, 0.1) is 20.8 Å². The van der Waals surface area contributed by atoms with Gasteiger partial charge in [-0.3, -0.25) is 4.79 Å². The summed E-state index contributed by atoms with van der Waals surface area (Å²) >= 11 is 0. The number of ketones is 1. The van der Waals surface area contributed by atoms with Gasteiger partial charge in [-0.15, -0.1) is 0 Å². The van der Waals surface area contributed by atoms with Crippen LogP contribution in [0.25, 0.3) is 0 Å². The van der Waals surface area contributed by atoms with Gasteiger partial charge in [0, 0.05) is 30.1 Å². The monoisotopic (exact) mass is 385 g/mol. The number of carbonyl (C=O) groups excluding carboxylic acids is 2. The SMILES string of the molecule is COc1ccc(C)cc1C(=O)OCC(=O)c1cc(C)n(C[C@H]2CCCO2)c1C. The molecule has 0 saturated carbocycles. The molecule has 2 heterocycles. The number of aromatic nitrogens is 1. The van der Waals surface area contributed by atoms with E-state index in [0.29, 0.717) is 16.9 Å². The maximum Gasteiger partial charge on any atom is 0.342 e. The van der Waals surface area contributed by atoms with Crippen LogP contribution in [0.1, 0.15) is 50.5 Å². The molecule has 0 spiro atoms. The molecule has 1 saturated heterocycles. The summed E-state index contributed by atoms with van der Waals surface area (Å²) in [5.74, 6) is -0.355. The molecule has 1 fully saturated rings. The highest BCUT2D eigenvalue weighted by molar-refractivity contribution is 6.01. The molecule has 150 valence electrons. The van der Waals surface area contributed by atoms with E-state index in [0.717, 1.165) is 42.9 Å². The quantitative estimate of drug-likeness (QED) is 0.538. The summed E-state index contributed by atoms with van der Waals surface area (Å²) in [5, 5.41) is 0. The molecule has 0 amide bonds. The van der Waals surface area contributed by atoms with Gasteiger partial charge in [0.15, 0.2) is 6.61 Å². The highest BCUT2D eigenvalue weighted by Crippen LogP contribution is 2.22. The summed E-state index contributed by atoms with van der Waals surface area (Å²) in [6.45, 7) is 7.01. The van der Waals surface area contributed by atoms with E-state index in [1.807, 2.05) is 32.9 Å². The lowest BCUT2D eigenvalue weighted by Gasteiger charge is -2.14. The van der Waals surface area contributed by atoms with Crippen molar-refractivity contribution >= 4 is 11.8 Å². The largest absolute Gasteiger partial charge is 0.496 e. The number of aryl methyl sites for hydroxylation is 2. The predicted octanol–water partition coefficient (Wildman–Crippen LogP) is 3.64. The lowest BCUT2D eigenvalue weighted by atomic mass is 10.1. The van der Waals surface area contributed by atoms with Crippen molar-refractivity contribution in [1.29, 1.82) is 0 Å². The Kier molecular flexibility index (Phi) is 6.19. The molecule has 1 aromatic carbocycles. The first-order chi connectivity index (χ1) is 13.4. The van der Waals surface area contributed by atoms with Crippen LogP contribution in [0.2, 0.25) is 0 Å². The highest BCUT2D eigenvalue weighted by Gasteiger charge is 2.22. The van der Waals surface area contributed by atoms with E-state index in [1.54, 1.807) is 12.1 Å². The molecule has 1 atom stereocenters. The number of methoxy groups -OCH3 is 1. The van der Waals surface area contributed by atoms with E-state index in [9.17, 15) is 9.59 Å². The number of hydrogen-bond donors (Lipinski definition) is 0. The van der Waals surface area contributed by atoms with Crippen LogP contribution in [0.4, 0.5) is 0 Å². The van der Waals surface area contributed by atoms with E-state index >= 15 is 0 Å². The standard InChI is InChI=1S/C22H27NO5/c1-14-7-8-21(26-4)19(10-14)22(25)28-13-20(24)18-11-15(2)23(16(18)3)12-17-6-5-9-27-17/h7-8,10-11,17H,5-6,9,12-13H2,1-4H3/t17-/m1/s1. The van der Waals surface area contributed by atoms with Crippen molar-refractivity contribution in [2.24, 2.45) is 0 Å². The van der Waals surface area contributed by atoms with Gasteiger partial charge in [-0.2, -0.15) is 0 Å². The van der Waals surface area contributed by atoms with Gasteiger partial charge in [0.25, 0.3) is 0 Å². The zero-order chi connectivity index (χ0) is 20.3. The van der Waals surface area contributed by atoms with Gasteiger partial charge in [-0.25, -0.2) is 4.79 Å². The minimum atomic E-state index is -0.568. The summed E-state index contributed by atoms with van der Waals surface area (Å²) in [6, 6.07) is 7.11. The Morgan fingerprint density at radius 1 is 1.18 bits per heavy atom. The Labute approximate surface area is 165 Å². The van der Waals surface area contributed by atoms with Crippen LogP contribution in [0.3, 0.4) is 0 Å². The molecule has 1 aliphatic heterocycles. The number of esters is 1. The Bertz CT molecular complexity index is 877. The van der Waals surface area contributed by atoms with Crippen molar-refractivity contribution in [3.8, 4) is 5.75 Å². The minimum absolute atomic E-state index is 0.194. The third kappa shape index (κ3) is 4.28. The molecule has 6 nitrogen and oxygen atoms in total. The van der Waals surface area contributed by atoms with Crippen molar-refractivity contribution in [3.63, 3.8) is 0 Å². The van der Waals surface area contributed by atoms with Crippen LogP contribution < -0.4 is 4.74 Å². The molecular weight excluding hydrogens is 358 g/mol. The zero-order valence-corrected chi connectivity index (χ0v) is 16.9. The summed E-state index contributed by atoms with van der Waals surface area (Å²) in [7, 11) is 1.50. The van der Waals surface area contributed by atoms with Crippen LogP contribution in [0.5, 0.6) is 5.75 Å². The number of hydrogen-bond acceptors (Lipinski definition) is 5. The fraction of sp³-hybridized carbons (Fsp3) is 0.455. The van der Waals surface area contributed by atoms with E-state index in [1.165, 1.54) is 7.11 Å². The maximum absolute atomic E-state index is 12.7. The minimum Gasteiger partial charge on any atom is -0.496 e. The molecule has 1 aliphatic rings. The molecule has 2 aromatic rings. The number of nitrogens with zero attached hydrogens (tertiary/aromatic N) is 1. The summed E-state index contributed by atoms with van der Waals surface area (Å²) in [4.78, 5) is 25.1. The van der Waals surface area contributed by atoms with Crippen molar-refractivity contribution in [2.75, 3.05) is 20.3 Å². The normalized spacial score (nSPS) is 16.2. The first kappa shape index (κ1) is 20.1. The summed E-state index contributed by atoms with van der Waals surface area (Å²) in [6.07, 6.45) is 2.31. The van der Waals surface area contributed by atoms with Gasteiger partial charge in [0.1, 0.15) is 11.3 Å². The van der Waals surface area contributed by atoms with Crippen molar-refractivity contribution in [2.45, 2.75) is 46.3 Å². The van der Waals surface area contributed by atoms with E-state index < -0.39 is 5.97 Å². The Balaban J connectivity index is 1.68. The molecule has 0 bridgehead atoms. The second-order valence-corrected chi connectivity index (χ2v) is 7.23. The molecular formula is C22H27NO5. The summed E-state index contributed by atoms with van der Waals surface area (Å²) < 4.78 is 18.3. The molecule has 0 N–H and O–H groups in total. The van der Waals surface area contributed by atoms with Gasteiger partial charge in [-0.05, 0) is 51.8 Å². The van der Waals surface area contributed by atoms with Gasteiger partial charge < -0.3 is 18.8 Å². The predicted molar refractivity (Wildman–Crippen MR) is 105 cm³/mol. The number of rotatable bonds is 7. The average Bonchev–Trinajstić information content (AvgIpc) is 3.29. The van der Waals surface area contributed by atoms with Crippen LogP contribution >= 0.6 is 0 Å². The van der Waals surface area contributed by atoms with E-state index in [2.05, 4.69) is 4.57 Å². The Morgan fingerprint density at radius 2 is 1.96 bits per heavy atom. The fourth-order valence-corrected chi connectivity index (χ4v) is 3.62. The van der Waals surface area contributed by atoms with Crippen molar-refractivity contribution < 1.29 is 23.8 Å². The second-order valence-electron chi connectivity index (χ2n) is 7.23. The van der Waals surface area contributed by atoms with E-state index in [4.69, 9.17) is 14.2 Å². The maximum atomic E-state index is 12.7. The lowest BCUT2D eigenvalue weighted by molar-refractivity contribution is 0.0471. The number of Topliss-reactive ketones (excluding diaryl/α,β-unsaturated/α-hetero) is 1. The molecule has 0 unspecified atom stereocenters. The molecule has 6 heteroatoms. The smallest absolute Gasteiger partial charge is 0.342 e. The topological polar surface area (TPSA) is 66.8 Å². The Hall–Kier alpha value is -2.60. The van der Waals surface area contributed by atoms with Crippen LogP contribution in [0.15, 0.2) is 24.3 Å². The molecule has 3 rings (SSSR count). The lowest BCUT2D eigenvalue weighted by Crippen LogP contribution is -2.18. The molecule has 0 radical (unpaired) electrons. The van der Waals surface area contributed by atoms with E-state index in [-0.39, 0.29) is 18.5 Å². The first-order valence-electron chi connectivity index (χ1n) is 9.54. The van der Waals surface area contributed by atoms with Gasteiger partial charge in [0.05, 0.1) is 13.2 Å². The second kappa shape index (κ2) is 8.61. The van der Waals surface area contributed by atoms with Gasteiger partial charge in [-0.1, -0.05) is 11.6 Å². The third-order valence-corrected chi connectivity index (χ3v) is 5.19. The number of benzene rings is 1.